The van der Waals surface area contributed by atoms with Gasteiger partial charge in [-0.25, -0.2) is 0 Å². The molecule has 2 heterocycles. The van der Waals surface area contributed by atoms with E-state index in [1.165, 1.54) is 103 Å². The van der Waals surface area contributed by atoms with Crippen LogP contribution in [0.25, 0.3) is 64.0 Å². The van der Waals surface area contributed by atoms with Crippen LogP contribution in [0.2, 0.25) is 0 Å². The van der Waals surface area contributed by atoms with Crippen LogP contribution in [-0.4, -0.2) is 0 Å². The van der Waals surface area contributed by atoms with Gasteiger partial charge in [-0.15, -0.1) is 11.3 Å². The van der Waals surface area contributed by atoms with Crippen molar-refractivity contribution in [1.29, 1.82) is 0 Å². The molecular weight excluding hydrogens is 805 g/mol. The number of para-hydroxylation sites is 1. The monoisotopic (exact) mass is 850 g/mol. The molecule has 1 aromatic heterocycles. The van der Waals surface area contributed by atoms with Gasteiger partial charge in [-0.2, -0.15) is 0 Å². The third kappa shape index (κ3) is 5.52. The minimum absolute atomic E-state index is 0.165. The largest absolute Gasteiger partial charge is 0.307 e. The van der Waals surface area contributed by atoms with Crippen molar-refractivity contribution in [3.8, 4) is 22.3 Å². The summed E-state index contributed by atoms with van der Waals surface area (Å²) in [5, 5.41) is 7.49. The Bertz CT molecular complexity index is 3750. The van der Waals surface area contributed by atoms with Crippen LogP contribution >= 0.6 is 11.3 Å². The van der Waals surface area contributed by atoms with Gasteiger partial charge in [-0.1, -0.05) is 185 Å². The Hall–Kier alpha value is -7.46. The van der Waals surface area contributed by atoms with Crippen molar-refractivity contribution in [3.63, 3.8) is 0 Å². The second-order valence-electron chi connectivity index (χ2n) is 18.9. The molecule has 0 atom stereocenters. The highest BCUT2D eigenvalue weighted by Gasteiger charge is 2.40. The molecule has 3 heteroatoms. The van der Waals surface area contributed by atoms with Crippen LogP contribution in [0.4, 0.5) is 34.1 Å². The van der Waals surface area contributed by atoms with Gasteiger partial charge >= 0.3 is 0 Å². The third-order valence-electron chi connectivity index (χ3n) is 14.6. The summed E-state index contributed by atoms with van der Waals surface area (Å²) in [7, 11) is 0. The van der Waals surface area contributed by atoms with E-state index in [1.54, 1.807) is 0 Å². The van der Waals surface area contributed by atoms with Crippen molar-refractivity contribution in [1.82, 2.24) is 0 Å². The molecule has 0 fully saturated rings. The summed E-state index contributed by atoms with van der Waals surface area (Å²) < 4.78 is 2.57. The fourth-order valence-electron chi connectivity index (χ4n) is 11.4. The van der Waals surface area contributed by atoms with Crippen LogP contribution in [-0.2, 0) is 10.8 Å². The normalized spacial score (nSPS) is 14.4. The quantitative estimate of drug-likeness (QED) is 0.170. The lowest BCUT2D eigenvalue weighted by atomic mass is 9.72. The first-order chi connectivity index (χ1) is 31.8. The molecular formula is C62H46N2S. The summed E-state index contributed by atoms with van der Waals surface area (Å²) in [5.74, 6) is 0. The Balaban J connectivity index is 1.12. The van der Waals surface area contributed by atoms with Crippen molar-refractivity contribution in [2.24, 2.45) is 0 Å². The Kier molecular flexibility index (Phi) is 8.20. The van der Waals surface area contributed by atoms with E-state index in [0.29, 0.717) is 0 Å². The van der Waals surface area contributed by atoms with Crippen LogP contribution in [0.1, 0.15) is 49.9 Å². The zero-order chi connectivity index (χ0) is 43.6. The summed E-state index contributed by atoms with van der Waals surface area (Å²) in [6, 6.07) is 77.3. The van der Waals surface area contributed by atoms with E-state index >= 15 is 0 Å². The van der Waals surface area contributed by atoms with E-state index in [0.717, 1.165) is 17.1 Å². The van der Waals surface area contributed by atoms with Gasteiger partial charge in [0.15, 0.2) is 0 Å². The van der Waals surface area contributed by atoms with Gasteiger partial charge < -0.3 is 9.80 Å². The Labute approximate surface area is 384 Å². The van der Waals surface area contributed by atoms with Gasteiger partial charge in [-0.05, 0) is 109 Å². The molecule has 0 unspecified atom stereocenters. The topological polar surface area (TPSA) is 6.48 Å². The van der Waals surface area contributed by atoms with E-state index in [4.69, 9.17) is 0 Å². The molecule has 0 amide bonds. The molecule has 11 aromatic rings. The number of hydrogen-bond acceptors (Lipinski definition) is 3. The van der Waals surface area contributed by atoms with Crippen LogP contribution < -0.4 is 9.80 Å². The molecule has 2 nitrogen and oxygen atoms in total. The lowest BCUT2D eigenvalue weighted by molar-refractivity contribution is 0.632. The summed E-state index contributed by atoms with van der Waals surface area (Å²) in [6.45, 7) is 9.57. The van der Waals surface area contributed by atoms with E-state index in [1.807, 2.05) is 11.3 Å². The molecule has 0 spiro atoms. The van der Waals surface area contributed by atoms with Crippen LogP contribution in [0.15, 0.2) is 206 Å². The maximum absolute atomic E-state index is 2.59. The summed E-state index contributed by atoms with van der Waals surface area (Å²) in [5.41, 5.74) is 17.0. The molecule has 13 rings (SSSR count). The fraction of sp³-hybridized carbons (Fsp3) is 0.0968. The molecule has 310 valence electrons. The zero-order valence-corrected chi connectivity index (χ0v) is 37.7. The number of thiophene rings is 1. The maximum Gasteiger partial charge on any atom is 0.0781 e. The highest BCUT2D eigenvalue weighted by molar-refractivity contribution is 7.26. The van der Waals surface area contributed by atoms with E-state index in [2.05, 4.69) is 244 Å². The molecule has 10 aromatic carbocycles. The van der Waals surface area contributed by atoms with Gasteiger partial charge in [0, 0.05) is 37.4 Å². The number of nitrogens with zero attached hydrogens (tertiary/aromatic N) is 2. The van der Waals surface area contributed by atoms with Crippen molar-refractivity contribution in [3.05, 3.63) is 229 Å². The molecule has 1 aliphatic heterocycles. The fourth-order valence-corrected chi connectivity index (χ4v) is 12.6. The van der Waals surface area contributed by atoms with Crippen LogP contribution in [0.3, 0.4) is 0 Å². The van der Waals surface area contributed by atoms with E-state index in [9.17, 15) is 0 Å². The predicted octanol–water partition coefficient (Wildman–Crippen LogP) is 17.9. The first-order valence-electron chi connectivity index (χ1n) is 22.8. The van der Waals surface area contributed by atoms with Gasteiger partial charge in [0.25, 0.3) is 0 Å². The van der Waals surface area contributed by atoms with Gasteiger partial charge in [0.05, 0.1) is 33.1 Å². The molecule has 0 saturated heterocycles. The highest BCUT2D eigenvalue weighted by Crippen LogP contribution is 2.59. The second-order valence-corrected chi connectivity index (χ2v) is 19.9. The first kappa shape index (κ1) is 38.0. The van der Waals surface area contributed by atoms with Crippen molar-refractivity contribution < 1.29 is 0 Å². The number of rotatable bonds is 5. The summed E-state index contributed by atoms with van der Waals surface area (Å²) in [6.07, 6.45) is 0. The average Bonchev–Trinajstić information content (AvgIpc) is 3.84. The minimum Gasteiger partial charge on any atom is -0.307 e. The van der Waals surface area contributed by atoms with Crippen LogP contribution in [0.5, 0.6) is 0 Å². The number of hydrogen-bond donors (Lipinski definition) is 0. The lowest BCUT2D eigenvalue weighted by Crippen LogP contribution is -2.31. The Morgan fingerprint density at radius 3 is 1.88 bits per heavy atom. The maximum atomic E-state index is 2.59. The zero-order valence-electron chi connectivity index (χ0n) is 36.9. The number of fused-ring (bicyclic) bond motifs is 10. The molecule has 0 saturated carbocycles. The van der Waals surface area contributed by atoms with Gasteiger partial charge in [0.2, 0.25) is 0 Å². The summed E-state index contributed by atoms with van der Waals surface area (Å²) >= 11 is 1.89. The SMILES string of the molecule is CC1(C)c2ccccc2-c2ccc(N(c3ccc4ccccc4c3N3c4ccccc4C(C)(C)c4cc(-c5cccc6ccccc56)ccc43)c3cccc4c3sc3ccccc34)cc21. The van der Waals surface area contributed by atoms with Gasteiger partial charge in [-0.3, -0.25) is 0 Å². The van der Waals surface area contributed by atoms with E-state index < -0.39 is 0 Å². The van der Waals surface area contributed by atoms with Crippen molar-refractivity contribution in [2.45, 2.75) is 38.5 Å². The molecule has 1 aliphatic carbocycles. The summed E-state index contributed by atoms with van der Waals surface area (Å²) in [4.78, 5) is 5.16. The Morgan fingerprint density at radius 2 is 1.02 bits per heavy atom. The van der Waals surface area contributed by atoms with Crippen molar-refractivity contribution >= 4 is 87.2 Å². The number of anilines is 6. The van der Waals surface area contributed by atoms with Gasteiger partial charge in [0.1, 0.15) is 0 Å². The molecule has 0 radical (unpaired) electrons. The molecule has 65 heavy (non-hydrogen) atoms. The lowest BCUT2D eigenvalue weighted by Gasteiger charge is -2.44. The molecule has 0 bridgehead atoms. The highest BCUT2D eigenvalue weighted by atomic mass is 32.1. The van der Waals surface area contributed by atoms with Crippen molar-refractivity contribution in [2.75, 3.05) is 9.80 Å². The standard InChI is InChI=1S/C62H46N2S/c1-61(2)50-26-11-9-22-46(50)47-34-33-42(38-52(47)61)63(57-29-16-25-49-48-23-10-14-30-58(48)65-60(49)57)56-36-31-40-18-6-8-21-45(40)59(56)64-54-28-13-12-27-51(54)62(3,4)53-37-41(32-35-55(53)64)44-24-15-19-39-17-5-7-20-43(39)44/h5-38H,1-4H3. The molecule has 2 aliphatic rings. The molecule has 0 N–H and O–H groups in total. The smallest absolute Gasteiger partial charge is 0.0781 e. The average molecular weight is 851 g/mol. The van der Waals surface area contributed by atoms with Crippen LogP contribution in [0, 0.1) is 0 Å². The first-order valence-corrected chi connectivity index (χ1v) is 23.6. The number of benzene rings is 10. The predicted molar refractivity (Wildman–Crippen MR) is 279 cm³/mol. The Morgan fingerprint density at radius 1 is 0.400 bits per heavy atom. The minimum atomic E-state index is -0.281. The van der Waals surface area contributed by atoms with E-state index in [-0.39, 0.29) is 10.8 Å². The third-order valence-corrected chi connectivity index (χ3v) is 15.8. The second kappa shape index (κ2) is 14.0.